The van der Waals surface area contributed by atoms with Gasteiger partial charge in [-0.1, -0.05) is 30.3 Å². The molecule has 0 saturated carbocycles. The van der Waals surface area contributed by atoms with Gasteiger partial charge in [0.1, 0.15) is 0 Å². The molecule has 2 aromatic rings. The van der Waals surface area contributed by atoms with Gasteiger partial charge >= 0.3 is 0 Å². The van der Waals surface area contributed by atoms with Crippen LogP contribution in [0.15, 0.2) is 35.4 Å². The topological polar surface area (TPSA) is 56.0 Å². The summed E-state index contributed by atoms with van der Waals surface area (Å²) in [6, 6.07) is 9.79. The molecule has 0 aliphatic heterocycles. The van der Waals surface area contributed by atoms with E-state index in [0.717, 1.165) is 5.56 Å². The first-order valence-corrected chi connectivity index (χ1v) is 4.20. The zero-order valence-electron chi connectivity index (χ0n) is 7.70. The molecular weight excluding hydrogens is 178 g/mol. The summed E-state index contributed by atoms with van der Waals surface area (Å²) in [6.45, 7) is 1.79. The summed E-state index contributed by atoms with van der Waals surface area (Å²) in [5.41, 5.74) is 1.02. The Labute approximate surface area is 81.1 Å². The van der Waals surface area contributed by atoms with E-state index < -0.39 is 0 Å². The third-order valence-corrected chi connectivity index (χ3v) is 1.72. The molecule has 0 aliphatic rings. The van der Waals surface area contributed by atoms with Crippen molar-refractivity contribution in [2.45, 2.75) is 6.92 Å². The third-order valence-electron chi connectivity index (χ3n) is 1.72. The second-order valence-corrected chi connectivity index (χ2v) is 2.77. The third kappa shape index (κ3) is 1.82. The molecule has 0 spiro atoms. The molecule has 0 bridgehead atoms. The molecule has 0 unspecified atom stereocenters. The highest BCUT2D eigenvalue weighted by Gasteiger charge is 1.94. The lowest BCUT2D eigenvalue weighted by molar-refractivity contribution is 0.678. The first-order valence-electron chi connectivity index (χ1n) is 4.20. The van der Waals surface area contributed by atoms with Gasteiger partial charge in [0.15, 0.2) is 5.82 Å². The van der Waals surface area contributed by atoms with Crippen molar-refractivity contribution in [2.75, 3.05) is 0 Å². The van der Waals surface area contributed by atoms with Gasteiger partial charge in [0.25, 0.3) is 0 Å². The number of aromatic nitrogens is 4. The van der Waals surface area contributed by atoms with E-state index in [1.54, 1.807) is 13.1 Å². The average Bonchev–Trinajstić information content (AvgIpc) is 2.63. The minimum Gasteiger partial charge on any atom is -0.155 e. The Morgan fingerprint density at radius 1 is 1.29 bits per heavy atom. The summed E-state index contributed by atoms with van der Waals surface area (Å²) in [5, 5.41) is 15.0. The summed E-state index contributed by atoms with van der Waals surface area (Å²) in [4.78, 5) is 1.38. The summed E-state index contributed by atoms with van der Waals surface area (Å²) in [5.74, 6) is 0.664. The second-order valence-electron chi connectivity index (χ2n) is 2.77. The van der Waals surface area contributed by atoms with Gasteiger partial charge in [-0.15, -0.1) is 9.89 Å². The maximum Gasteiger partial charge on any atom is 0.173 e. The molecule has 2 rings (SSSR count). The molecule has 0 amide bonds. The van der Waals surface area contributed by atoms with E-state index in [2.05, 4.69) is 20.6 Å². The van der Waals surface area contributed by atoms with Gasteiger partial charge in [0.2, 0.25) is 0 Å². The zero-order chi connectivity index (χ0) is 9.80. The quantitative estimate of drug-likeness (QED) is 0.655. The fourth-order valence-electron chi connectivity index (χ4n) is 0.994. The fourth-order valence-corrected chi connectivity index (χ4v) is 0.994. The Balaban J connectivity index is 2.20. The minimum absolute atomic E-state index is 0.664. The Morgan fingerprint density at radius 2 is 2.07 bits per heavy atom. The molecule has 0 saturated heterocycles. The van der Waals surface area contributed by atoms with Crippen LogP contribution in [0.2, 0.25) is 0 Å². The first-order chi connectivity index (χ1) is 6.86. The van der Waals surface area contributed by atoms with Crippen molar-refractivity contribution in [1.82, 2.24) is 20.3 Å². The van der Waals surface area contributed by atoms with E-state index in [9.17, 15) is 0 Å². The van der Waals surface area contributed by atoms with Gasteiger partial charge in [-0.05, 0) is 22.9 Å². The van der Waals surface area contributed by atoms with E-state index >= 15 is 0 Å². The number of nitrogens with zero attached hydrogens (tertiary/aromatic N) is 5. The van der Waals surface area contributed by atoms with Crippen LogP contribution in [0.5, 0.6) is 0 Å². The van der Waals surface area contributed by atoms with E-state index in [4.69, 9.17) is 0 Å². The van der Waals surface area contributed by atoms with Crippen molar-refractivity contribution in [2.24, 2.45) is 5.10 Å². The van der Waals surface area contributed by atoms with Crippen molar-refractivity contribution in [3.63, 3.8) is 0 Å². The van der Waals surface area contributed by atoms with Crippen LogP contribution in [0.4, 0.5) is 0 Å². The largest absolute Gasteiger partial charge is 0.173 e. The second kappa shape index (κ2) is 3.78. The molecule has 0 atom stereocenters. The van der Waals surface area contributed by atoms with Crippen molar-refractivity contribution in [3.8, 4) is 0 Å². The Hall–Kier alpha value is -2.04. The average molecular weight is 187 g/mol. The Kier molecular flexibility index (Phi) is 2.31. The molecule has 5 nitrogen and oxygen atoms in total. The lowest BCUT2D eigenvalue weighted by Gasteiger charge is -1.91. The van der Waals surface area contributed by atoms with Gasteiger partial charge < -0.3 is 0 Å². The zero-order valence-corrected chi connectivity index (χ0v) is 7.70. The first kappa shape index (κ1) is 8.55. The normalized spacial score (nSPS) is 10.9. The van der Waals surface area contributed by atoms with Crippen LogP contribution in [-0.4, -0.2) is 26.5 Å². The van der Waals surface area contributed by atoms with E-state index in [1.165, 1.54) is 4.79 Å². The number of aryl methyl sites for hydroxylation is 1. The Morgan fingerprint density at radius 3 is 2.71 bits per heavy atom. The smallest absolute Gasteiger partial charge is 0.155 e. The molecule has 14 heavy (non-hydrogen) atoms. The van der Waals surface area contributed by atoms with Crippen LogP contribution in [0.3, 0.4) is 0 Å². The summed E-state index contributed by atoms with van der Waals surface area (Å²) >= 11 is 0. The number of benzene rings is 1. The van der Waals surface area contributed by atoms with Gasteiger partial charge in [0, 0.05) is 0 Å². The highest BCUT2D eigenvalue weighted by molar-refractivity contribution is 5.79. The maximum atomic E-state index is 4.09. The van der Waals surface area contributed by atoms with Crippen molar-refractivity contribution < 1.29 is 0 Å². The standard InChI is InChI=1S/C9H9N5/c1-8-11-12-13-14(8)10-7-9-5-3-2-4-6-9/h2-7H,1H3/b10-7-. The van der Waals surface area contributed by atoms with Crippen molar-refractivity contribution in [3.05, 3.63) is 41.7 Å². The maximum absolute atomic E-state index is 4.09. The highest BCUT2D eigenvalue weighted by Crippen LogP contribution is 1.94. The monoisotopic (exact) mass is 187 g/mol. The van der Waals surface area contributed by atoms with Crippen LogP contribution in [0.25, 0.3) is 0 Å². The van der Waals surface area contributed by atoms with Crippen LogP contribution in [0, 0.1) is 6.92 Å². The summed E-state index contributed by atoms with van der Waals surface area (Å²) in [6.07, 6.45) is 1.71. The SMILES string of the molecule is Cc1nnnn1/N=C\c1ccccc1. The molecule has 1 aromatic heterocycles. The number of hydrogen-bond donors (Lipinski definition) is 0. The predicted octanol–water partition coefficient (Wildman–Crippen LogP) is 0.864. The molecule has 0 aliphatic carbocycles. The minimum atomic E-state index is 0.664. The molecule has 0 radical (unpaired) electrons. The van der Waals surface area contributed by atoms with E-state index in [1.807, 2.05) is 30.3 Å². The van der Waals surface area contributed by atoms with Crippen LogP contribution < -0.4 is 0 Å². The fraction of sp³-hybridized carbons (Fsp3) is 0.111. The number of tetrazole rings is 1. The molecule has 5 heteroatoms. The molecule has 0 N–H and O–H groups in total. The lowest BCUT2D eigenvalue weighted by Crippen LogP contribution is -1.95. The summed E-state index contributed by atoms with van der Waals surface area (Å²) < 4.78 is 0. The van der Waals surface area contributed by atoms with Crippen molar-refractivity contribution in [1.29, 1.82) is 0 Å². The summed E-state index contributed by atoms with van der Waals surface area (Å²) in [7, 11) is 0. The highest BCUT2D eigenvalue weighted by atomic mass is 15.7. The predicted molar refractivity (Wildman–Crippen MR) is 52.0 cm³/mol. The molecule has 0 fully saturated rings. The number of rotatable bonds is 2. The van der Waals surface area contributed by atoms with Gasteiger partial charge in [0.05, 0.1) is 6.21 Å². The Bertz CT molecular complexity index is 431. The van der Waals surface area contributed by atoms with Gasteiger partial charge in [-0.25, -0.2) is 0 Å². The molecular formula is C9H9N5. The van der Waals surface area contributed by atoms with Crippen LogP contribution >= 0.6 is 0 Å². The lowest BCUT2D eigenvalue weighted by atomic mass is 10.2. The van der Waals surface area contributed by atoms with E-state index in [0.29, 0.717) is 5.82 Å². The van der Waals surface area contributed by atoms with Gasteiger partial charge in [-0.2, -0.15) is 5.10 Å². The van der Waals surface area contributed by atoms with Crippen molar-refractivity contribution >= 4 is 6.21 Å². The molecule has 70 valence electrons. The van der Waals surface area contributed by atoms with Gasteiger partial charge in [-0.3, -0.25) is 0 Å². The molecule has 1 aromatic carbocycles. The van der Waals surface area contributed by atoms with Crippen LogP contribution in [0.1, 0.15) is 11.4 Å². The van der Waals surface area contributed by atoms with E-state index in [-0.39, 0.29) is 0 Å². The number of hydrogen-bond acceptors (Lipinski definition) is 4. The van der Waals surface area contributed by atoms with Crippen LogP contribution in [-0.2, 0) is 0 Å². The molecule has 1 heterocycles.